The molecule has 1 aliphatic rings. The lowest BCUT2D eigenvalue weighted by molar-refractivity contribution is -0.113. The van der Waals surface area contributed by atoms with Crippen LogP contribution in [0.5, 0.6) is 0 Å². The summed E-state index contributed by atoms with van der Waals surface area (Å²) < 4.78 is 0. The van der Waals surface area contributed by atoms with Gasteiger partial charge < -0.3 is 5.32 Å². The number of carbonyl (C=O) groups excluding carboxylic acids is 1. The Morgan fingerprint density at radius 1 is 1.32 bits per heavy atom. The second-order valence-electron chi connectivity index (χ2n) is 6.41. The predicted octanol–water partition coefficient (Wildman–Crippen LogP) is 4.55. The predicted molar refractivity (Wildman–Crippen MR) is 104 cm³/mol. The first-order valence-electron chi connectivity index (χ1n) is 8.43. The van der Waals surface area contributed by atoms with Crippen LogP contribution in [0.3, 0.4) is 0 Å². The largest absolute Gasteiger partial charge is 0.325 e. The number of thioether (sulfide) groups is 1. The number of aromatic nitrogens is 2. The average Bonchev–Trinajstić information content (AvgIpc) is 2.98. The van der Waals surface area contributed by atoms with Gasteiger partial charge in [-0.2, -0.15) is 0 Å². The van der Waals surface area contributed by atoms with Gasteiger partial charge in [0.15, 0.2) is 0 Å². The van der Waals surface area contributed by atoms with Crippen LogP contribution in [0.1, 0.15) is 23.8 Å². The fourth-order valence-corrected chi connectivity index (χ4v) is 5.45. The number of amides is 1. The normalized spacial score (nSPS) is 16.6. The molecule has 6 heteroatoms. The summed E-state index contributed by atoms with van der Waals surface area (Å²) in [6.45, 7) is 2.31. The van der Waals surface area contributed by atoms with E-state index in [9.17, 15) is 4.79 Å². The van der Waals surface area contributed by atoms with E-state index in [1.165, 1.54) is 34.0 Å². The van der Waals surface area contributed by atoms with Crippen molar-refractivity contribution in [3.63, 3.8) is 0 Å². The number of anilines is 1. The van der Waals surface area contributed by atoms with Gasteiger partial charge in [0.2, 0.25) is 5.91 Å². The molecule has 0 spiro atoms. The molecule has 1 aromatic carbocycles. The lowest BCUT2D eigenvalue weighted by atomic mass is 9.89. The number of nitrogens with one attached hydrogen (secondary N) is 1. The molecule has 4 rings (SSSR count). The van der Waals surface area contributed by atoms with Crippen molar-refractivity contribution in [2.45, 2.75) is 31.2 Å². The molecule has 0 saturated carbocycles. The Labute approximate surface area is 155 Å². The van der Waals surface area contributed by atoms with Gasteiger partial charge in [0, 0.05) is 16.0 Å². The van der Waals surface area contributed by atoms with Crippen LogP contribution < -0.4 is 5.32 Å². The van der Waals surface area contributed by atoms with Crippen molar-refractivity contribution in [3.05, 3.63) is 47.1 Å². The molecule has 4 nitrogen and oxygen atoms in total. The first kappa shape index (κ1) is 16.5. The highest BCUT2D eigenvalue weighted by Gasteiger charge is 2.23. The van der Waals surface area contributed by atoms with E-state index < -0.39 is 0 Å². The summed E-state index contributed by atoms with van der Waals surface area (Å²) in [6.07, 6.45) is 5.06. The van der Waals surface area contributed by atoms with Crippen molar-refractivity contribution in [2.75, 3.05) is 11.1 Å². The van der Waals surface area contributed by atoms with Gasteiger partial charge in [-0.1, -0.05) is 36.9 Å². The van der Waals surface area contributed by atoms with E-state index in [-0.39, 0.29) is 5.91 Å². The minimum Gasteiger partial charge on any atom is -0.325 e. The van der Waals surface area contributed by atoms with Gasteiger partial charge in [-0.05, 0) is 42.9 Å². The molecule has 0 bridgehead atoms. The molecule has 1 atom stereocenters. The summed E-state index contributed by atoms with van der Waals surface area (Å²) in [5.41, 5.74) is 2.23. The number of carbonyl (C=O) groups is 1. The lowest BCUT2D eigenvalue weighted by Crippen LogP contribution is -2.14. The van der Waals surface area contributed by atoms with Crippen LogP contribution in [0, 0.1) is 5.92 Å². The number of rotatable bonds is 4. The van der Waals surface area contributed by atoms with Crippen molar-refractivity contribution >= 4 is 44.9 Å². The molecule has 0 radical (unpaired) electrons. The highest BCUT2D eigenvalue weighted by Crippen LogP contribution is 2.40. The molecule has 3 aromatic rings. The number of hydrogen-bond acceptors (Lipinski definition) is 5. The van der Waals surface area contributed by atoms with Gasteiger partial charge in [-0.3, -0.25) is 4.79 Å². The zero-order chi connectivity index (χ0) is 17.2. The highest BCUT2D eigenvalue weighted by molar-refractivity contribution is 8.00. The van der Waals surface area contributed by atoms with Gasteiger partial charge >= 0.3 is 0 Å². The summed E-state index contributed by atoms with van der Waals surface area (Å²) in [4.78, 5) is 23.6. The van der Waals surface area contributed by atoms with Crippen LogP contribution in [0.4, 0.5) is 5.69 Å². The third-order valence-corrected chi connectivity index (χ3v) is 6.61. The summed E-state index contributed by atoms with van der Waals surface area (Å²) in [6, 6.07) is 9.54. The molecule has 0 saturated heterocycles. The number of benzene rings is 1. The zero-order valence-corrected chi connectivity index (χ0v) is 15.6. The van der Waals surface area contributed by atoms with Crippen LogP contribution in [0.15, 0.2) is 41.7 Å². The number of hydrogen-bond donors (Lipinski definition) is 1. The molecule has 25 heavy (non-hydrogen) atoms. The second kappa shape index (κ2) is 7.14. The monoisotopic (exact) mass is 369 g/mol. The topological polar surface area (TPSA) is 54.9 Å². The molecule has 2 aromatic heterocycles. The molecule has 2 heterocycles. The van der Waals surface area contributed by atoms with Crippen molar-refractivity contribution < 1.29 is 4.79 Å². The first-order chi connectivity index (χ1) is 12.2. The molecule has 1 unspecified atom stereocenters. The molecule has 0 fully saturated rings. The van der Waals surface area contributed by atoms with E-state index in [4.69, 9.17) is 0 Å². The molecular formula is C19H19N3OS2. The molecular weight excluding hydrogens is 350 g/mol. The number of thiophene rings is 1. The van der Waals surface area contributed by atoms with Crippen LogP contribution in [-0.2, 0) is 17.6 Å². The smallest absolute Gasteiger partial charge is 0.234 e. The zero-order valence-electron chi connectivity index (χ0n) is 14.0. The van der Waals surface area contributed by atoms with Crippen molar-refractivity contribution in [1.82, 2.24) is 9.97 Å². The maximum absolute atomic E-state index is 12.2. The highest BCUT2D eigenvalue weighted by atomic mass is 32.2. The Balaban J connectivity index is 1.53. The van der Waals surface area contributed by atoms with Gasteiger partial charge in [-0.15, -0.1) is 11.3 Å². The first-order valence-corrected chi connectivity index (χ1v) is 10.2. The third-order valence-electron chi connectivity index (χ3n) is 4.45. The van der Waals surface area contributed by atoms with E-state index in [0.717, 1.165) is 34.3 Å². The summed E-state index contributed by atoms with van der Waals surface area (Å²) in [7, 11) is 0. The SMILES string of the molecule is CC1CCc2c(sc3ncnc(SCC(=O)Nc4ccccc4)c23)C1. The maximum atomic E-state index is 12.2. The summed E-state index contributed by atoms with van der Waals surface area (Å²) in [5, 5.41) is 5.03. The van der Waals surface area contributed by atoms with Crippen molar-refractivity contribution in [2.24, 2.45) is 5.92 Å². The molecule has 0 aliphatic heterocycles. The van der Waals surface area contributed by atoms with Crippen molar-refractivity contribution in [1.29, 1.82) is 0 Å². The minimum atomic E-state index is -0.0133. The number of nitrogens with zero attached hydrogens (tertiary/aromatic N) is 2. The third kappa shape index (κ3) is 3.55. The Morgan fingerprint density at radius 3 is 3.00 bits per heavy atom. The number of fused-ring (bicyclic) bond motifs is 3. The molecule has 128 valence electrons. The number of para-hydroxylation sites is 1. The molecule has 1 N–H and O–H groups in total. The number of aryl methyl sites for hydroxylation is 1. The Morgan fingerprint density at radius 2 is 2.16 bits per heavy atom. The second-order valence-corrected chi connectivity index (χ2v) is 8.46. The Hall–Kier alpha value is -1.92. The van der Waals surface area contributed by atoms with Crippen molar-refractivity contribution in [3.8, 4) is 0 Å². The summed E-state index contributed by atoms with van der Waals surface area (Å²) >= 11 is 3.29. The maximum Gasteiger partial charge on any atom is 0.234 e. The Kier molecular flexibility index (Phi) is 4.72. The van der Waals surface area contributed by atoms with Gasteiger partial charge in [0.25, 0.3) is 0 Å². The van der Waals surface area contributed by atoms with E-state index in [0.29, 0.717) is 5.75 Å². The van der Waals surface area contributed by atoms with Crippen LogP contribution in [0.2, 0.25) is 0 Å². The van der Waals surface area contributed by atoms with Gasteiger partial charge in [0.05, 0.1) is 5.75 Å². The summed E-state index contributed by atoms with van der Waals surface area (Å²) in [5.74, 6) is 1.07. The van der Waals surface area contributed by atoms with E-state index in [1.54, 1.807) is 17.7 Å². The van der Waals surface area contributed by atoms with Crippen LogP contribution in [0.25, 0.3) is 10.2 Å². The Bertz CT molecular complexity index is 908. The van der Waals surface area contributed by atoms with E-state index in [1.807, 2.05) is 30.3 Å². The minimum absolute atomic E-state index is 0.0133. The van der Waals surface area contributed by atoms with E-state index in [2.05, 4.69) is 22.2 Å². The molecule has 1 aliphatic carbocycles. The van der Waals surface area contributed by atoms with Crippen LogP contribution in [-0.4, -0.2) is 21.6 Å². The lowest BCUT2D eigenvalue weighted by Gasteiger charge is -2.18. The van der Waals surface area contributed by atoms with E-state index >= 15 is 0 Å². The fourth-order valence-electron chi connectivity index (χ4n) is 3.21. The quantitative estimate of drug-likeness (QED) is 0.541. The van der Waals surface area contributed by atoms with Crippen LogP contribution >= 0.6 is 23.1 Å². The van der Waals surface area contributed by atoms with Gasteiger partial charge in [0.1, 0.15) is 16.2 Å². The average molecular weight is 370 g/mol. The van der Waals surface area contributed by atoms with Gasteiger partial charge in [-0.25, -0.2) is 9.97 Å². The fraction of sp³-hybridized carbons (Fsp3) is 0.316. The standard InChI is InChI=1S/C19H19N3OS2/c1-12-7-8-14-15(9-12)25-19-17(14)18(20-11-21-19)24-10-16(23)22-13-5-3-2-4-6-13/h2-6,11-12H,7-10H2,1H3,(H,22,23). The molecule has 1 amide bonds.